The number of carboxylic acid groups (broad SMARTS) is 1. The fourth-order valence-corrected chi connectivity index (χ4v) is 2.64. The number of benzene rings is 1. The van der Waals surface area contributed by atoms with Gasteiger partial charge in [-0.1, -0.05) is 6.07 Å². The highest BCUT2D eigenvalue weighted by Gasteiger charge is 2.12. The third-order valence-corrected chi connectivity index (χ3v) is 4.60. The van der Waals surface area contributed by atoms with Crippen LogP contribution >= 0.6 is 31.9 Å². The summed E-state index contributed by atoms with van der Waals surface area (Å²) in [6.07, 6.45) is 2.66. The van der Waals surface area contributed by atoms with E-state index in [0.29, 0.717) is 0 Å². The minimum Gasteiger partial charge on any atom is -0.478 e. The molecule has 0 spiro atoms. The molecule has 0 atom stereocenters. The summed E-state index contributed by atoms with van der Waals surface area (Å²) in [5.74, 6) is -0.965. The second-order valence-corrected chi connectivity index (χ2v) is 5.93. The highest BCUT2D eigenvalue weighted by molar-refractivity contribution is 9.11. The van der Waals surface area contributed by atoms with Gasteiger partial charge in [0, 0.05) is 10.5 Å². The monoisotopic (exact) mass is 398 g/mol. The molecule has 104 valence electrons. The lowest BCUT2D eigenvalue weighted by Crippen LogP contribution is -2.00. The summed E-state index contributed by atoms with van der Waals surface area (Å²) in [5, 5.41) is 13.1. The number of aromatic nitrogens is 2. The van der Waals surface area contributed by atoms with Gasteiger partial charge in [-0.3, -0.25) is 0 Å². The number of aliphatic carboxylic acids is 1. The summed E-state index contributed by atoms with van der Waals surface area (Å²) in [6.45, 7) is 3.92. The average Bonchev–Trinajstić information content (AvgIpc) is 2.64. The molecule has 0 aliphatic heterocycles. The van der Waals surface area contributed by atoms with Crippen LogP contribution in [0.2, 0.25) is 0 Å². The van der Waals surface area contributed by atoms with Gasteiger partial charge in [0.05, 0.1) is 21.5 Å². The molecule has 0 radical (unpaired) electrons. The van der Waals surface area contributed by atoms with Crippen molar-refractivity contribution < 1.29 is 9.90 Å². The summed E-state index contributed by atoms with van der Waals surface area (Å²) < 4.78 is 3.68. The Labute approximate surface area is 133 Å². The molecule has 0 saturated carbocycles. The lowest BCUT2D eigenvalue weighted by Gasteiger charge is -2.08. The van der Waals surface area contributed by atoms with Gasteiger partial charge in [-0.15, -0.1) is 0 Å². The third kappa shape index (κ3) is 3.02. The molecule has 1 aromatic carbocycles. The molecule has 4 nitrogen and oxygen atoms in total. The van der Waals surface area contributed by atoms with Gasteiger partial charge in [-0.25, -0.2) is 9.48 Å². The molecular formula is C14H12Br2N2O2. The maximum Gasteiger partial charge on any atom is 0.328 e. The van der Waals surface area contributed by atoms with E-state index in [9.17, 15) is 4.79 Å². The first-order valence-corrected chi connectivity index (χ1v) is 7.41. The zero-order chi connectivity index (χ0) is 14.9. The van der Waals surface area contributed by atoms with Crippen LogP contribution in [0.15, 0.2) is 33.2 Å². The second kappa shape index (κ2) is 5.93. The van der Waals surface area contributed by atoms with Gasteiger partial charge in [0.15, 0.2) is 0 Å². The summed E-state index contributed by atoms with van der Waals surface area (Å²) in [6, 6.07) is 5.61. The van der Waals surface area contributed by atoms with Crippen molar-refractivity contribution in [1.82, 2.24) is 9.78 Å². The van der Waals surface area contributed by atoms with Gasteiger partial charge >= 0.3 is 5.97 Å². The maximum atomic E-state index is 10.5. The van der Waals surface area contributed by atoms with Crippen LogP contribution in [-0.4, -0.2) is 20.9 Å². The van der Waals surface area contributed by atoms with Crippen LogP contribution in [-0.2, 0) is 4.79 Å². The number of nitrogens with zero attached hydrogens (tertiary/aromatic N) is 2. The van der Waals surface area contributed by atoms with E-state index in [-0.39, 0.29) is 0 Å². The fraction of sp³-hybridized carbons (Fsp3) is 0.143. The van der Waals surface area contributed by atoms with Crippen molar-refractivity contribution in [2.45, 2.75) is 13.8 Å². The number of halogens is 2. The van der Waals surface area contributed by atoms with E-state index in [1.807, 2.05) is 36.7 Å². The van der Waals surface area contributed by atoms with Gasteiger partial charge in [0.1, 0.15) is 0 Å². The fourth-order valence-electron chi connectivity index (χ4n) is 1.82. The van der Waals surface area contributed by atoms with Gasteiger partial charge in [0.2, 0.25) is 0 Å². The Balaban J connectivity index is 2.44. The van der Waals surface area contributed by atoms with Crippen LogP contribution in [0, 0.1) is 13.8 Å². The van der Waals surface area contributed by atoms with E-state index in [4.69, 9.17) is 5.11 Å². The van der Waals surface area contributed by atoms with Crippen molar-refractivity contribution in [1.29, 1.82) is 0 Å². The predicted octanol–water partition coefficient (Wildman–Crippen LogP) is 4.11. The Kier molecular flexibility index (Phi) is 4.45. The number of hydrogen-bond donors (Lipinski definition) is 1. The smallest absolute Gasteiger partial charge is 0.328 e. The van der Waals surface area contributed by atoms with Crippen LogP contribution < -0.4 is 0 Å². The zero-order valence-corrected chi connectivity index (χ0v) is 14.1. The van der Waals surface area contributed by atoms with Crippen LogP contribution in [0.4, 0.5) is 0 Å². The molecule has 2 aromatic rings. The molecule has 1 aromatic heterocycles. The molecule has 0 saturated heterocycles. The number of hydrogen-bond acceptors (Lipinski definition) is 2. The zero-order valence-electron chi connectivity index (χ0n) is 10.9. The van der Waals surface area contributed by atoms with Crippen molar-refractivity contribution in [3.63, 3.8) is 0 Å². The summed E-state index contributed by atoms with van der Waals surface area (Å²) in [5.41, 5.74) is 3.65. The van der Waals surface area contributed by atoms with Crippen LogP contribution in [0.5, 0.6) is 0 Å². The minimum absolute atomic E-state index is 0.809. The van der Waals surface area contributed by atoms with Crippen molar-refractivity contribution >= 4 is 43.9 Å². The SMILES string of the molecule is Cc1nn(-c2ccc(/C=C/C(=O)O)cc2Br)c(C)c1Br. The maximum absolute atomic E-state index is 10.5. The summed E-state index contributed by atoms with van der Waals surface area (Å²) in [7, 11) is 0. The van der Waals surface area contributed by atoms with E-state index >= 15 is 0 Å². The molecule has 2 rings (SSSR count). The molecule has 0 aliphatic rings. The largest absolute Gasteiger partial charge is 0.478 e. The van der Waals surface area contributed by atoms with Gasteiger partial charge in [-0.05, 0) is 69.5 Å². The normalized spacial score (nSPS) is 11.2. The lowest BCUT2D eigenvalue weighted by atomic mass is 10.2. The van der Waals surface area contributed by atoms with Crippen molar-refractivity contribution in [2.24, 2.45) is 0 Å². The van der Waals surface area contributed by atoms with Crippen LogP contribution in [0.3, 0.4) is 0 Å². The van der Waals surface area contributed by atoms with Crippen LogP contribution in [0.1, 0.15) is 17.0 Å². The number of carbonyl (C=O) groups is 1. The Hall–Kier alpha value is -1.40. The second-order valence-electron chi connectivity index (χ2n) is 4.28. The molecule has 1 N–H and O–H groups in total. The Morgan fingerprint density at radius 1 is 1.35 bits per heavy atom. The van der Waals surface area contributed by atoms with E-state index in [2.05, 4.69) is 37.0 Å². The first-order valence-electron chi connectivity index (χ1n) is 5.83. The first-order chi connectivity index (χ1) is 9.40. The molecule has 0 fully saturated rings. The van der Waals surface area contributed by atoms with E-state index < -0.39 is 5.97 Å². The van der Waals surface area contributed by atoms with E-state index in [0.717, 1.165) is 37.7 Å². The summed E-state index contributed by atoms with van der Waals surface area (Å²) in [4.78, 5) is 10.5. The molecular weight excluding hydrogens is 388 g/mol. The number of carboxylic acids is 1. The molecule has 1 heterocycles. The average molecular weight is 400 g/mol. The van der Waals surface area contributed by atoms with Crippen molar-refractivity contribution in [3.05, 3.63) is 50.2 Å². The molecule has 20 heavy (non-hydrogen) atoms. The molecule has 0 amide bonds. The molecule has 0 bridgehead atoms. The Morgan fingerprint density at radius 3 is 2.55 bits per heavy atom. The third-order valence-electron chi connectivity index (χ3n) is 2.82. The van der Waals surface area contributed by atoms with E-state index in [1.165, 1.54) is 0 Å². The Bertz CT molecular complexity index is 705. The molecule has 0 unspecified atom stereocenters. The summed E-state index contributed by atoms with van der Waals surface area (Å²) >= 11 is 7.00. The van der Waals surface area contributed by atoms with Gasteiger partial charge in [-0.2, -0.15) is 5.10 Å². The minimum atomic E-state index is -0.965. The molecule has 0 aliphatic carbocycles. The number of aryl methyl sites for hydroxylation is 1. The van der Waals surface area contributed by atoms with Gasteiger partial charge < -0.3 is 5.11 Å². The highest BCUT2D eigenvalue weighted by atomic mass is 79.9. The predicted molar refractivity (Wildman–Crippen MR) is 85.1 cm³/mol. The van der Waals surface area contributed by atoms with Crippen molar-refractivity contribution in [3.8, 4) is 5.69 Å². The molecule has 6 heteroatoms. The van der Waals surface area contributed by atoms with Crippen molar-refractivity contribution in [2.75, 3.05) is 0 Å². The topological polar surface area (TPSA) is 55.1 Å². The lowest BCUT2D eigenvalue weighted by molar-refractivity contribution is -0.131. The standard InChI is InChI=1S/C14H12Br2N2O2/c1-8-14(16)9(2)18(17-8)12-5-3-10(7-11(12)15)4-6-13(19)20/h3-7H,1-2H3,(H,19,20)/b6-4+. The van der Waals surface area contributed by atoms with E-state index in [1.54, 1.807) is 6.08 Å². The quantitative estimate of drug-likeness (QED) is 0.790. The Morgan fingerprint density at radius 2 is 2.05 bits per heavy atom. The first kappa shape index (κ1) is 15.0. The van der Waals surface area contributed by atoms with Crippen LogP contribution in [0.25, 0.3) is 11.8 Å². The number of rotatable bonds is 3. The highest BCUT2D eigenvalue weighted by Crippen LogP contribution is 2.28. The van der Waals surface area contributed by atoms with Gasteiger partial charge in [0.25, 0.3) is 0 Å².